The fourth-order valence-corrected chi connectivity index (χ4v) is 1.30. The maximum atomic E-state index is 3.19. The van der Waals surface area contributed by atoms with Crippen LogP contribution < -0.4 is 24.8 Å². The molecule has 0 aromatic heterocycles. The van der Waals surface area contributed by atoms with Gasteiger partial charge in [0.25, 0.3) is 0 Å². The molecule has 0 amide bonds. The average Bonchev–Trinajstić information content (AvgIpc) is 2.67. The third-order valence-corrected chi connectivity index (χ3v) is 2.73. The van der Waals surface area contributed by atoms with E-state index in [1.807, 2.05) is 0 Å². The summed E-state index contributed by atoms with van der Waals surface area (Å²) in [7, 11) is 0. The van der Waals surface area contributed by atoms with Gasteiger partial charge in [-0.3, -0.25) is 12.2 Å². The molecule has 0 saturated heterocycles. The molecule has 0 atom stereocenters. The maximum Gasteiger partial charge on any atom is 4.00 e. The minimum Gasteiger partial charge on any atom is -1.00 e. The summed E-state index contributed by atoms with van der Waals surface area (Å²) in [6.45, 7) is 8.43. The van der Waals surface area contributed by atoms with Crippen molar-refractivity contribution in [2.24, 2.45) is 0 Å². The predicted molar refractivity (Wildman–Crippen MR) is 61.6 cm³/mol. The molecule has 0 saturated carbocycles. The Kier molecular flexibility index (Phi) is 15.3. The van der Waals surface area contributed by atoms with E-state index in [1.165, 1.54) is 22.3 Å². The van der Waals surface area contributed by atoms with Gasteiger partial charge in [-0.15, -0.1) is 26.7 Å². The van der Waals surface area contributed by atoms with E-state index in [1.54, 1.807) is 0 Å². The van der Waals surface area contributed by atoms with Crippen LogP contribution in [0.4, 0.5) is 0 Å². The molecule has 2 rings (SSSR count). The van der Waals surface area contributed by atoms with Crippen LogP contribution >= 0.6 is 0 Å². The Balaban J connectivity index is -0.000000196. The fraction of sp³-hybridized carbons (Fsp3) is 0.429. The Bertz CT molecular complexity index is 270. The zero-order valence-corrected chi connectivity index (χ0v) is 15.9. The Labute approximate surface area is 137 Å². The topological polar surface area (TPSA) is 0 Å². The first-order valence-electron chi connectivity index (χ1n) is 5.10. The van der Waals surface area contributed by atoms with Gasteiger partial charge in [-0.25, -0.2) is 22.3 Å². The molecule has 0 bridgehead atoms. The van der Waals surface area contributed by atoms with Gasteiger partial charge in [0.2, 0.25) is 0 Å². The molecule has 0 aromatic carbocycles. The molecule has 0 aromatic rings. The van der Waals surface area contributed by atoms with Crippen LogP contribution in [-0.2, 0) is 25.8 Å². The SMILES string of the molecule is CC1=[C-]CC=C1C.CC1=[C-]CC=C1C.[Cl-].[Cl-].[Hf+4]. The summed E-state index contributed by atoms with van der Waals surface area (Å²) < 4.78 is 0. The zero-order valence-electron chi connectivity index (χ0n) is 10.8. The van der Waals surface area contributed by atoms with Gasteiger partial charge in [-0.2, -0.15) is 12.2 Å². The fourth-order valence-electron chi connectivity index (χ4n) is 1.30. The van der Waals surface area contributed by atoms with Gasteiger partial charge < -0.3 is 24.8 Å². The maximum absolute atomic E-state index is 3.19. The number of hydrogen-bond acceptors (Lipinski definition) is 0. The van der Waals surface area contributed by atoms with E-state index in [2.05, 4.69) is 52.0 Å². The van der Waals surface area contributed by atoms with Crippen LogP contribution in [0.1, 0.15) is 40.5 Å². The van der Waals surface area contributed by atoms with Crippen LogP contribution in [0.15, 0.2) is 34.4 Å². The van der Waals surface area contributed by atoms with Crippen molar-refractivity contribution in [1.82, 2.24) is 0 Å². The number of hydrogen-bond donors (Lipinski definition) is 0. The van der Waals surface area contributed by atoms with Gasteiger partial charge in [-0.05, 0) is 0 Å². The molecular weight excluding hydrogens is 418 g/mol. The van der Waals surface area contributed by atoms with Crippen molar-refractivity contribution in [2.45, 2.75) is 40.5 Å². The third kappa shape index (κ3) is 8.18. The Hall–Kier alpha value is 0.410. The van der Waals surface area contributed by atoms with Crippen LogP contribution in [0.5, 0.6) is 0 Å². The van der Waals surface area contributed by atoms with E-state index >= 15 is 0 Å². The van der Waals surface area contributed by atoms with Crippen LogP contribution in [0, 0.1) is 12.2 Å². The second-order valence-corrected chi connectivity index (χ2v) is 3.79. The van der Waals surface area contributed by atoms with Gasteiger partial charge in [0.15, 0.2) is 0 Å². The van der Waals surface area contributed by atoms with Crippen LogP contribution in [0.2, 0.25) is 0 Å². The summed E-state index contributed by atoms with van der Waals surface area (Å²) in [5.41, 5.74) is 5.42. The van der Waals surface area contributed by atoms with Crippen LogP contribution in [-0.4, -0.2) is 0 Å². The quantitative estimate of drug-likeness (QED) is 0.311. The average molecular weight is 436 g/mol. The van der Waals surface area contributed by atoms with E-state index in [9.17, 15) is 0 Å². The zero-order chi connectivity index (χ0) is 10.6. The third-order valence-electron chi connectivity index (χ3n) is 2.73. The second kappa shape index (κ2) is 11.5. The number of halogens is 2. The van der Waals surface area contributed by atoms with Crippen molar-refractivity contribution in [1.29, 1.82) is 0 Å². The van der Waals surface area contributed by atoms with E-state index < -0.39 is 0 Å². The molecule has 17 heavy (non-hydrogen) atoms. The monoisotopic (exact) mass is 436 g/mol. The summed E-state index contributed by atoms with van der Waals surface area (Å²) >= 11 is 0. The normalized spacial score (nSPS) is 15.8. The molecule has 92 valence electrons. The number of rotatable bonds is 0. The number of allylic oxidation sites excluding steroid dienone is 8. The van der Waals surface area contributed by atoms with Crippen molar-refractivity contribution >= 4 is 0 Å². The van der Waals surface area contributed by atoms with Crippen LogP contribution in [0.3, 0.4) is 0 Å². The Morgan fingerprint density at radius 3 is 1.12 bits per heavy atom. The van der Waals surface area contributed by atoms with E-state index in [4.69, 9.17) is 0 Å². The molecule has 0 unspecified atom stereocenters. The molecule has 0 heterocycles. The minimum absolute atomic E-state index is 0. The molecule has 2 aliphatic carbocycles. The molecule has 3 heteroatoms. The van der Waals surface area contributed by atoms with Crippen molar-refractivity contribution in [3.63, 3.8) is 0 Å². The second-order valence-electron chi connectivity index (χ2n) is 3.79. The summed E-state index contributed by atoms with van der Waals surface area (Å²) in [5, 5.41) is 0. The van der Waals surface area contributed by atoms with Crippen molar-refractivity contribution in [3.8, 4) is 0 Å². The van der Waals surface area contributed by atoms with Gasteiger partial charge in [0, 0.05) is 0 Å². The molecule has 0 fully saturated rings. The van der Waals surface area contributed by atoms with Crippen LogP contribution in [0.25, 0.3) is 0 Å². The molecule has 0 spiro atoms. The Morgan fingerprint density at radius 1 is 0.765 bits per heavy atom. The molecule has 2 aliphatic rings. The smallest absolute Gasteiger partial charge is 1.00 e. The summed E-state index contributed by atoms with van der Waals surface area (Å²) in [5.74, 6) is 0. The Morgan fingerprint density at radius 2 is 1.06 bits per heavy atom. The van der Waals surface area contributed by atoms with E-state index in [0.717, 1.165) is 12.8 Å². The summed E-state index contributed by atoms with van der Waals surface area (Å²) in [6.07, 6.45) is 12.8. The van der Waals surface area contributed by atoms with Gasteiger partial charge in [-0.1, -0.05) is 13.8 Å². The first kappa shape index (κ1) is 22.6. The first-order chi connectivity index (χ1) is 6.61. The minimum atomic E-state index is 0. The summed E-state index contributed by atoms with van der Waals surface area (Å²) in [6, 6.07) is 0. The predicted octanol–water partition coefficient (Wildman–Crippen LogP) is -1.82. The van der Waals surface area contributed by atoms with Gasteiger partial charge in [0.1, 0.15) is 0 Å². The van der Waals surface area contributed by atoms with Crippen molar-refractivity contribution < 1.29 is 50.7 Å². The molecule has 0 radical (unpaired) electrons. The first-order valence-corrected chi connectivity index (χ1v) is 5.10. The van der Waals surface area contributed by atoms with E-state index in [-0.39, 0.29) is 50.7 Å². The molecule has 0 N–H and O–H groups in total. The standard InChI is InChI=1S/2C7H9.2ClH.Hf/c2*1-6-4-3-5-7(6)2;;;/h2*4H,3H2,1-2H3;2*1H;/q2*-1;;;+4/p-2. The van der Waals surface area contributed by atoms with Crippen molar-refractivity contribution in [2.75, 3.05) is 0 Å². The molecule has 0 aliphatic heterocycles. The largest absolute Gasteiger partial charge is 4.00 e. The molecule has 0 nitrogen and oxygen atoms in total. The molecular formula is C14H18Cl2Hf. The van der Waals surface area contributed by atoms with Gasteiger partial charge in [0.05, 0.1) is 0 Å². The van der Waals surface area contributed by atoms with Crippen molar-refractivity contribution in [3.05, 3.63) is 46.6 Å². The van der Waals surface area contributed by atoms with Gasteiger partial charge >= 0.3 is 25.8 Å². The van der Waals surface area contributed by atoms with E-state index in [0.29, 0.717) is 0 Å². The summed E-state index contributed by atoms with van der Waals surface area (Å²) in [4.78, 5) is 0.